The topological polar surface area (TPSA) is 64.7 Å². The van der Waals surface area contributed by atoms with Gasteiger partial charge in [-0.3, -0.25) is 0 Å². The van der Waals surface area contributed by atoms with Crippen LogP contribution in [-0.2, 0) is 6.42 Å². The summed E-state index contributed by atoms with van der Waals surface area (Å²) < 4.78 is 10.5. The number of methoxy groups -OCH3 is 2. The van der Waals surface area contributed by atoms with E-state index in [2.05, 4.69) is 0 Å². The van der Waals surface area contributed by atoms with Crippen LogP contribution in [0.1, 0.15) is 12.5 Å². The predicted octanol–water partition coefficient (Wildman–Crippen LogP) is 1.20. The Hall–Kier alpha value is -1.26. The first-order chi connectivity index (χ1) is 8.08. The third-order valence-corrected chi connectivity index (χ3v) is 2.98. The van der Waals surface area contributed by atoms with E-state index in [1.807, 2.05) is 25.1 Å². The van der Waals surface area contributed by atoms with E-state index in [0.29, 0.717) is 13.0 Å². The first-order valence-electron chi connectivity index (χ1n) is 5.60. The van der Waals surface area contributed by atoms with Crippen molar-refractivity contribution < 1.29 is 14.6 Å². The summed E-state index contributed by atoms with van der Waals surface area (Å²) in [5.74, 6) is 1.57. The van der Waals surface area contributed by atoms with Gasteiger partial charge in [0.2, 0.25) is 0 Å². The summed E-state index contributed by atoms with van der Waals surface area (Å²) in [5, 5.41) is 9.38. The number of rotatable bonds is 6. The number of nitrogens with two attached hydrogens (primary N) is 1. The maximum atomic E-state index is 9.38. The molecule has 1 rings (SSSR count). The molecule has 0 aromatic heterocycles. The van der Waals surface area contributed by atoms with Crippen molar-refractivity contribution in [2.45, 2.75) is 13.3 Å². The van der Waals surface area contributed by atoms with Crippen LogP contribution in [0.2, 0.25) is 0 Å². The first-order valence-corrected chi connectivity index (χ1v) is 5.60. The van der Waals surface area contributed by atoms with Crippen LogP contribution in [0, 0.1) is 5.41 Å². The zero-order chi connectivity index (χ0) is 12.9. The molecule has 0 aliphatic rings. The van der Waals surface area contributed by atoms with E-state index in [1.165, 1.54) is 0 Å². The van der Waals surface area contributed by atoms with Gasteiger partial charge in [-0.05, 0) is 30.2 Å². The number of ether oxygens (including phenoxy) is 2. The number of hydrogen-bond acceptors (Lipinski definition) is 4. The maximum absolute atomic E-state index is 9.38. The highest BCUT2D eigenvalue weighted by molar-refractivity contribution is 5.41. The van der Waals surface area contributed by atoms with Crippen molar-refractivity contribution >= 4 is 0 Å². The molecule has 0 saturated heterocycles. The fourth-order valence-corrected chi connectivity index (χ4v) is 1.67. The highest BCUT2D eigenvalue weighted by Gasteiger charge is 2.24. The predicted molar refractivity (Wildman–Crippen MR) is 67.5 cm³/mol. The Morgan fingerprint density at radius 1 is 1.29 bits per heavy atom. The van der Waals surface area contributed by atoms with Crippen LogP contribution in [0.3, 0.4) is 0 Å². The lowest BCUT2D eigenvalue weighted by Crippen LogP contribution is -2.33. The third kappa shape index (κ3) is 3.35. The van der Waals surface area contributed by atoms with Crippen LogP contribution >= 0.6 is 0 Å². The van der Waals surface area contributed by atoms with Gasteiger partial charge in [-0.15, -0.1) is 0 Å². The molecule has 4 heteroatoms. The van der Waals surface area contributed by atoms with Gasteiger partial charge < -0.3 is 20.3 Å². The quantitative estimate of drug-likeness (QED) is 0.783. The van der Waals surface area contributed by atoms with Gasteiger partial charge in [-0.2, -0.15) is 0 Å². The summed E-state index contributed by atoms with van der Waals surface area (Å²) in [6, 6.07) is 5.63. The summed E-state index contributed by atoms with van der Waals surface area (Å²) in [6.45, 7) is 2.42. The standard InChI is InChI=1S/C13H21NO3/c1-13(8-14,9-15)7-10-6-11(16-2)4-5-12(10)17-3/h4-6,15H,7-9,14H2,1-3H3. The lowest BCUT2D eigenvalue weighted by molar-refractivity contribution is 0.148. The molecule has 1 aromatic rings. The second-order valence-electron chi connectivity index (χ2n) is 4.53. The van der Waals surface area contributed by atoms with Crippen molar-refractivity contribution in [1.82, 2.24) is 0 Å². The van der Waals surface area contributed by atoms with E-state index in [0.717, 1.165) is 17.1 Å². The van der Waals surface area contributed by atoms with Crippen LogP contribution in [0.5, 0.6) is 11.5 Å². The highest BCUT2D eigenvalue weighted by Crippen LogP contribution is 2.30. The zero-order valence-electron chi connectivity index (χ0n) is 10.7. The van der Waals surface area contributed by atoms with Gasteiger partial charge >= 0.3 is 0 Å². The average molecular weight is 239 g/mol. The van der Waals surface area contributed by atoms with E-state index < -0.39 is 0 Å². The maximum Gasteiger partial charge on any atom is 0.122 e. The fourth-order valence-electron chi connectivity index (χ4n) is 1.67. The molecule has 4 nitrogen and oxygen atoms in total. The van der Waals surface area contributed by atoms with E-state index in [9.17, 15) is 5.11 Å². The van der Waals surface area contributed by atoms with Gasteiger partial charge in [0.1, 0.15) is 11.5 Å². The fraction of sp³-hybridized carbons (Fsp3) is 0.538. The summed E-state index contributed by atoms with van der Waals surface area (Å²) in [4.78, 5) is 0. The largest absolute Gasteiger partial charge is 0.497 e. The summed E-state index contributed by atoms with van der Waals surface area (Å²) in [5.41, 5.74) is 6.36. The van der Waals surface area contributed by atoms with Crippen molar-refractivity contribution in [2.75, 3.05) is 27.4 Å². The molecule has 3 N–H and O–H groups in total. The molecule has 0 heterocycles. The van der Waals surface area contributed by atoms with Crippen molar-refractivity contribution in [1.29, 1.82) is 0 Å². The molecule has 96 valence electrons. The van der Waals surface area contributed by atoms with Gasteiger partial charge in [0.25, 0.3) is 0 Å². The zero-order valence-corrected chi connectivity index (χ0v) is 10.7. The number of benzene rings is 1. The molecule has 0 bridgehead atoms. The van der Waals surface area contributed by atoms with Crippen LogP contribution in [0.4, 0.5) is 0 Å². The Labute approximate surface area is 102 Å². The molecule has 0 amide bonds. The Morgan fingerprint density at radius 2 is 2.00 bits per heavy atom. The Bertz CT molecular complexity index is 362. The Morgan fingerprint density at radius 3 is 2.47 bits per heavy atom. The molecule has 0 aliphatic heterocycles. The van der Waals surface area contributed by atoms with Gasteiger partial charge in [0.15, 0.2) is 0 Å². The first kappa shape index (κ1) is 13.8. The molecular formula is C13H21NO3. The number of aliphatic hydroxyl groups excluding tert-OH is 1. The molecule has 17 heavy (non-hydrogen) atoms. The third-order valence-electron chi connectivity index (χ3n) is 2.98. The van der Waals surface area contributed by atoms with Crippen molar-refractivity contribution in [3.05, 3.63) is 23.8 Å². The normalized spacial score (nSPS) is 14.2. The van der Waals surface area contributed by atoms with Crippen molar-refractivity contribution in [3.8, 4) is 11.5 Å². The molecule has 1 aromatic carbocycles. The smallest absolute Gasteiger partial charge is 0.122 e. The number of aliphatic hydroxyl groups is 1. The van der Waals surface area contributed by atoms with E-state index >= 15 is 0 Å². The minimum Gasteiger partial charge on any atom is -0.497 e. The second-order valence-corrected chi connectivity index (χ2v) is 4.53. The van der Waals surface area contributed by atoms with Gasteiger partial charge in [0.05, 0.1) is 14.2 Å². The van der Waals surface area contributed by atoms with E-state index in [-0.39, 0.29) is 12.0 Å². The van der Waals surface area contributed by atoms with Gasteiger partial charge in [-0.1, -0.05) is 6.92 Å². The lowest BCUT2D eigenvalue weighted by Gasteiger charge is -2.26. The van der Waals surface area contributed by atoms with Crippen LogP contribution in [0.15, 0.2) is 18.2 Å². The minimum absolute atomic E-state index is 0.0455. The molecule has 0 aliphatic carbocycles. The summed E-state index contributed by atoms with van der Waals surface area (Å²) in [7, 11) is 3.25. The van der Waals surface area contributed by atoms with Gasteiger partial charge in [-0.25, -0.2) is 0 Å². The second kappa shape index (κ2) is 5.89. The molecule has 0 radical (unpaired) electrons. The molecular weight excluding hydrogens is 218 g/mol. The van der Waals surface area contributed by atoms with Crippen LogP contribution < -0.4 is 15.2 Å². The molecule has 0 fully saturated rings. The van der Waals surface area contributed by atoms with E-state index in [1.54, 1.807) is 14.2 Å². The summed E-state index contributed by atoms with van der Waals surface area (Å²) in [6.07, 6.45) is 0.653. The van der Waals surface area contributed by atoms with Gasteiger partial charge in [0, 0.05) is 18.6 Å². The highest BCUT2D eigenvalue weighted by atomic mass is 16.5. The van der Waals surface area contributed by atoms with Crippen LogP contribution in [-0.4, -0.2) is 32.5 Å². The summed E-state index contributed by atoms with van der Waals surface area (Å²) >= 11 is 0. The van der Waals surface area contributed by atoms with Crippen LogP contribution in [0.25, 0.3) is 0 Å². The van der Waals surface area contributed by atoms with Crippen molar-refractivity contribution in [2.24, 2.45) is 11.1 Å². The molecule has 0 saturated carbocycles. The van der Waals surface area contributed by atoms with Crippen molar-refractivity contribution in [3.63, 3.8) is 0 Å². The minimum atomic E-state index is -0.334. The molecule has 0 spiro atoms. The monoisotopic (exact) mass is 239 g/mol. The average Bonchev–Trinajstić information content (AvgIpc) is 2.38. The lowest BCUT2D eigenvalue weighted by atomic mass is 9.84. The SMILES string of the molecule is COc1ccc(OC)c(CC(C)(CN)CO)c1. The Balaban J connectivity index is 3.02. The molecule has 1 unspecified atom stereocenters. The van der Waals surface area contributed by atoms with E-state index in [4.69, 9.17) is 15.2 Å². The molecule has 1 atom stereocenters. The Kier molecular flexibility index (Phi) is 4.78. The number of hydrogen-bond donors (Lipinski definition) is 2.